The number of allylic oxidation sites excluding steroid dienone is 2. The molecule has 0 aromatic heterocycles. The lowest BCUT2D eigenvalue weighted by atomic mass is 10.00. The molecule has 0 aliphatic heterocycles. The fourth-order valence-corrected chi connectivity index (χ4v) is 3.67. The predicted octanol–water partition coefficient (Wildman–Crippen LogP) is 6.98. The molecular formula is C25H47NO3. The number of hydrogen-bond donors (Lipinski definition) is 1. The van der Waals surface area contributed by atoms with Gasteiger partial charge in [0.05, 0.1) is 5.92 Å². The van der Waals surface area contributed by atoms with Crippen LogP contribution in [-0.4, -0.2) is 35.0 Å². The maximum Gasteiger partial charge on any atom is 0.307 e. The van der Waals surface area contributed by atoms with E-state index in [1.807, 2.05) is 19.9 Å². The van der Waals surface area contributed by atoms with Crippen LogP contribution >= 0.6 is 0 Å². The first-order valence-electron chi connectivity index (χ1n) is 12.2. The molecule has 0 heterocycles. The highest BCUT2D eigenvalue weighted by molar-refractivity contribution is 5.82. The van der Waals surface area contributed by atoms with Crippen molar-refractivity contribution in [1.29, 1.82) is 0 Å². The zero-order valence-electron chi connectivity index (χ0n) is 19.5. The summed E-state index contributed by atoms with van der Waals surface area (Å²) >= 11 is 0. The van der Waals surface area contributed by atoms with Crippen LogP contribution in [0.25, 0.3) is 0 Å². The van der Waals surface area contributed by atoms with Crippen LogP contribution < -0.4 is 0 Å². The van der Waals surface area contributed by atoms with Gasteiger partial charge in [0.1, 0.15) is 0 Å². The monoisotopic (exact) mass is 409 g/mol. The average Bonchev–Trinajstić information content (AvgIpc) is 2.70. The molecule has 29 heavy (non-hydrogen) atoms. The summed E-state index contributed by atoms with van der Waals surface area (Å²) < 4.78 is 0. The van der Waals surface area contributed by atoms with Crippen LogP contribution in [-0.2, 0) is 9.59 Å². The third-order valence-electron chi connectivity index (χ3n) is 5.70. The highest BCUT2D eigenvalue weighted by atomic mass is 16.4. The number of amides is 1. The predicted molar refractivity (Wildman–Crippen MR) is 123 cm³/mol. The molecule has 1 unspecified atom stereocenters. The molecule has 4 heteroatoms. The molecule has 1 atom stereocenters. The van der Waals surface area contributed by atoms with Gasteiger partial charge in [-0.15, -0.1) is 0 Å². The molecule has 0 spiro atoms. The van der Waals surface area contributed by atoms with Gasteiger partial charge in [0.25, 0.3) is 0 Å². The minimum atomic E-state index is -0.875. The van der Waals surface area contributed by atoms with Crippen LogP contribution in [0, 0.1) is 5.92 Å². The van der Waals surface area contributed by atoms with Gasteiger partial charge in [0, 0.05) is 19.5 Å². The van der Waals surface area contributed by atoms with Crippen LogP contribution in [0.1, 0.15) is 117 Å². The Morgan fingerprint density at radius 2 is 1.24 bits per heavy atom. The lowest BCUT2D eigenvalue weighted by molar-refractivity contribution is -0.145. The molecule has 0 aromatic rings. The number of unbranched alkanes of at least 4 members (excludes halogenated alkanes) is 12. The van der Waals surface area contributed by atoms with Crippen LogP contribution in [0.2, 0.25) is 0 Å². The van der Waals surface area contributed by atoms with Crippen molar-refractivity contribution >= 4 is 11.9 Å². The van der Waals surface area contributed by atoms with E-state index in [0.717, 1.165) is 6.42 Å². The second-order valence-electron chi connectivity index (χ2n) is 8.19. The van der Waals surface area contributed by atoms with E-state index < -0.39 is 11.9 Å². The molecule has 0 fully saturated rings. The normalized spacial score (nSPS) is 12.4. The summed E-state index contributed by atoms with van der Waals surface area (Å²) in [5, 5.41) is 9.36. The van der Waals surface area contributed by atoms with Crippen LogP contribution in [0.4, 0.5) is 0 Å². The number of carbonyl (C=O) groups excluding carboxylic acids is 1. The summed E-state index contributed by atoms with van der Waals surface area (Å²) in [4.78, 5) is 25.2. The molecule has 4 nitrogen and oxygen atoms in total. The quantitative estimate of drug-likeness (QED) is 0.174. The molecule has 0 aliphatic rings. The summed E-state index contributed by atoms with van der Waals surface area (Å²) in [6, 6.07) is 0. The third-order valence-corrected chi connectivity index (χ3v) is 5.70. The summed E-state index contributed by atoms with van der Waals surface area (Å²) in [7, 11) is 0. The Bertz CT molecular complexity index is 430. The van der Waals surface area contributed by atoms with E-state index in [1.54, 1.807) is 4.90 Å². The SMILES string of the molecule is CCCCCCCCCCCCCC/C=C/CC(CC(=O)N(CC)CC)C(=O)O. The van der Waals surface area contributed by atoms with Gasteiger partial charge in [-0.05, 0) is 33.1 Å². The van der Waals surface area contributed by atoms with E-state index in [4.69, 9.17) is 0 Å². The Balaban J connectivity index is 3.70. The minimum Gasteiger partial charge on any atom is -0.481 e. The van der Waals surface area contributed by atoms with Crippen molar-refractivity contribution < 1.29 is 14.7 Å². The zero-order chi connectivity index (χ0) is 21.7. The molecule has 0 rings (SSSR count). The van der Waals surface area contributed by atoms with Crippen molar-refractivity contribution in [2.24, 2.45) is 5.92 Å². The number of carboxylic acid groups (broad SMARTS) is 1. The molecule has 0 saturated heterocycles. The standard InChI is InChI=1S/C25H47NO3/c1-4-7-8-9-10-11-12-13-14-15-16-17-18-19-20-21-23(25(28)29)22-24(27)26(5-2)6-3/h19-20,23H,4-18,21-22H2,1-3H3,(H,28,29)/b20-19+. The van der Waals surface area contributed by atoms with Gasteiger partial charge >= 0.3 is 5.97 Å². The average molecular weight is 410 g/mol. The Kier molecular flexibility index (Phi) is 19.1. The van der Waals surface area contributed by atoms with Crippen molar-refractivity contribution in [2.75, 3.05) is 13.1 Å². The summed E-state index contributed by atoms with van der Waals surface area (Å²) in [5.74, 6) is -1.54. The molecule has 1 N–H and O–H groups in total. The van der Waals surface area contributed by atoms with Gasteiger partial charge in [-0.2, -0.15) is 0 Å². The largest absolute Gasteiger partial charge is 0.481 e. The number of aliphatic carboxylic acids is 1. The van der Waals surface area contributed by atoms with Gasteiger partial charge < -0.3 is 10.0 Å². The Hall–Kier alpha value is -1.32. The molecule has 170 valence electrons. The lowest BCUT2D eigenvalue weighted by Gasteiger charge is -2.20. The Labute approximate surface area is 180 Å². The van der Waals surface area contributed by atoms with E-state index >= 15 is 0 Å². The van der Waals surface area contributed by atoms with Crippen molar-refractivity contribution in [3.63, 3.8) is 0 Å². The van der Waals surface area contributed by atoms with E-state index in [-0.39, 0.29) is 12.3 Å². The highest BCUT2D eigenvalue weighted by Crippen LogP contribution is 2.14. The molecule has 0 aromatic carbocycles. The van der Waals surface area contributed by atoms with Crippen molar-refractivity contribution in [3.05, 3.63) is 12.2 Å². The summed E-state index contributed by atoms with van der Waals surface area (Å²) in [6.07, 6.45) is 21.7. The van der Waals surface area contributed by atoms with Gasteiger partial charge in [-0.1, -0.05) is 89.7 Å². The van der Waals surface area contributed by atoms with Crippen molar-refractivity contribution in [2.45, 2.75) is 117 Å². The van der Waals surface area contributed by atoms with E-state index in [1.165, 1.54) is 77.0 Å². The second kappa shape index (κ2) is 20.0. The lowest BCUT2D eigenvalue weighted by Crippen LogP contribution is -2.33. The molecule has 1 amide bonds. The first-order chi connectivity index (χ1) is 14.1. The van der Waals surface area contributed by atoms with E-state index in [0.29, 0.717) is 19.5 Å². The topological polar surface area (TPSA) is 57.6 Å². The minimum absolute atomic E-state index is 0.0586. The van der Waals surface area contributed by atoms with Crippen molar-refractivity contribution in [1.82, 2.24) is 4.90 Å². The Morgan fingerprint density at radius 1 is 0.759 bits per heavy atom. The smallest absolute Gasteiger partial charge is 0.307 e. The van der Waals surface area contributed by atoms with Gasteiger partial charge in [0.2, 0.25) is 5.91 Å². The van der Waals surface area contributed by atoms with Crippen LogP contribution in [0.3, 0.4) is 0 Å². The fourth-order valence-electron chi connectivity index (χ4n) is 3.67. The molecule has 0 bridgehead atoms. The summed E-state index contributed by atoms with van der Waals surface area (Å²) in [6.45, 7) is 7.38. The Morgan fingerprint density at radius 3 is 1.69 bits per heavy atom. The van der Waals surface area contributed by atoms with Gasteiger partial charge in [-0.3, -0.25) is 9.59 Å². The molecule has 0 aliphatic carbocycles. The molecule has 0 saturated carbocycles. The van der Waals surface area contributed by atoms with Crippen molar-refractivity contribution in [3.8, 4) is 0 Å². The van der Waals surface area contributed by atoms with Crippen LogP contribution in [0.5, 0.6) is 0 Å². The number of nitrogens with zero attached hydrogens (tertiary/aromatic N) is 1. The molecular weight excluding hydrogens is 362 g/mol. The highest BCUT2D eigenvalue weighted by Gasteiger charge is 2.22. The van der Waals surface area contributed by atoms with Crippen LogP contribution in [0.15, 0.2) is 12.2 Å². The van der Waals surface area contributed by atoms with Gasteiger partial charge in [-0.25, -0.2) is 0 Å². The van der Waals surface area contributed by atoms with E-state index in [2.05, 4.69) is 13.0 Å². The fraction of sp³-hybridized carbons (Fsp3) is 0.840. The first kappa shape index (κ1) is 27.7. The summed E-state index contributed by atoms with van der Waals surface area (Å²) in [5.41, 5.74) is 0. The molecule has 0 radical (unpaired) electrons. The van der Waals surface area contributed by atoms with Gasteiger partial charge in [0.15, 0.2) is 0 Å². The number of carboxylic acids is 1. The zero-order valence-corrected chi connectivity index (χ0v) is 19.5. The number of rotatable bonds is 20. The third kappa shape index (κ3) is 16.2. The number of carbonyl (C=O) groups is 2. The maximum absolute atomic E-state index is 12.1. The first-order valence-corrected chi connectivity index (χ1v) is 12.2. The van der Waals surface area contributed by atoms with E-state index in [9.17, 15) is 14.7 Å². The maximum atomic E-state index is 12.1. The second-order valence-corrected chi connectivity index (χ2v) is 8.19. The number of hydrogen-bond acceptors (Lipinski definition) is 2.